The Bertz CT molecular complexity index is 1010. The molecule has 0 N–H and O–H groups in total. The summed E-state index contributed by atoms with van der Waals surface area (Å²) in [5.41, 5.74) is -3.30. The first kappa shape index (κ1) is 17.0. The third-order valence-electron chi connectivity index (χ3n) is 4.00. The molecule has 0 aromatic heterocycles. The first-order chi connectivity index (χ1) is 12.3. The molecule has 0 heterocycles. The molecule has 10 nitrogen and oxygen atoms in total. The number of carbonyl (C=O) groups is 2. The highest BCUT2D eigenvalue weighted by molar-refractivity contribution is 6.31. The monoisotopic (exact) mass is 358 g/mol. The van der Waals surface area contributed by atoms with Crippen LogP contribution in [-0.4, -0.2) is 35.6 Å². The quantitative estimate of drug-likeness (QED) is 0.511. The molecule has 132 valence electrons. The number of fused-ring (bicyclic) bond motifs is 2. The Labute approximate surface area is 145 Å². The summed E-state index contributed by atoms with van der Waals surface area (Å²) < 4.78 is 9.99. The number of nitro groups is 2. The summed E-state index contributed by atoms with van der Waals surface area (Å²) in [6.45, 7) is 0. The van der Waals surface area contributed by atoms with Crippen molar-refractivity contribution in [3.63, 3.8) is 0 Å². The summed E-state index contributed by atoms with van der Waals surface area (Å²) in [5, 5.41) is 23.0. The number of nitrogens with zero attached hydrogens (tertiary/aromatic N) is 2. The number of hydrogen-bond acceptors (Lipinski definition) is 8. The van der Waals surface area contributed by atoms with Crippen molar-refractivity contribution in [2.45, 2.75) is 0 Å². The fraction of sp³-hybridized carbons (Fsp3) is 0.125. The minimum atomic E-state index is -1.10. The Morgan fingerprint density at radius 1 is 0.769 bits per heavy atom. The van der Waals surface area contributed by atoms with Crippen molar-refractivity contribution in [1.29, 1.82) is 0 Å². The van der Waals surface area contributed by atoms with Crippen LogP contribution in [0.4, 0.5) is 11.4 Å². The Morgan fingerprint density at radius 3 is 1.65 bits per heavy atom. The van der Waals surface area contributed by atoms with E-state index in [2.05, 4.69) is 0 Å². The minimum Gasteiger partial charge on any atom is -0.492 e. The minimum absolute atomic E-state index is 0.0218. The van der Waals surface area contributed by atoms with Crippen LogP contribution in [0.3, 0.4) is 0 Å². The zero-order chi connectivity index (χ0) is 19.2. The van der Waals surface area contributed by atoms with Crippen LogP contribution in [0.5, 0.6) is 11.5 Å². The molecule has 0 unspecified atom stereocenters. The van der Waals surface area contributed by atoms with E-state index in [-0.39, 0.29) is 11.1 Å². The van der Waals surface area contributed by atoms with Gasteiger partial charge in [0, 0.05) is 11.1 Å². The fourth-order valence-corrected chi connectivity index (χ4v) is 3.00. The predicted molar refractivity (Wildman–Crippen MR) is 86.2 cm³/mol. The van der Waals surface area contributed by atoms with Crippen molar-refractivity contribution in [3.8, 4) is 11.5 Å². The summed E-state index contributed by atoms with van der Waals surface area (Å²) in [7, 11) is 2.16. The van der Waals surface area contributed by atoms with E-state index in [1.54, 1.807) is 0 Å². The van der Waals surface area contributed by atoms with Crippen LogP contribution < -0.4 is 9.47 Å². The van der Waals surface area contributed by atoms with Gasteiger partial charge >= 0.3 is 11.4 Å². The number of benzene rings is 2. The van der Waals surface area contributed by atoms with E-state index in [0.29, 0.717) is 0 Å². The molecule has 0 saturated heterocycles. The van der Waals surface area contributed by atoms with Gasteiger partial charge in [-0.15, -0.1) is 0 Å². The number of carbonyl (C=O) groups excluding carboxylic acids is 2. The van der Waals surface area contributed by atoms with E-state index in [1.807, 2.05) is 0 Å². The molecule has 0 bridgehead atoms. The third kappa shape index (κ3) is 2.12. The van der Waals surface area contributed by atoms with Gasteiger partial charge in [0.05, 0.1) is 29.6 Å². The molecule has 1 aliphatic carbocycles. The first-order valence-corrected chi connectivity index (χ1v) is 7.14. The molecule has 0 radical (unpaired) electrons. The lowest BCUT2D eigenvalue weighted by Crippen LogP contribution is -2.24. The standard InChI is InChI=1S/C16H10N2O8/c1-25-15-10-9(11(17(21)22)12(18(23)24)16(15)26-2)13(19)7-5-3-4-6-8(7)14(10)20/h3-6H,1-2H3. The molecule has 0 saturated carbocycles. The second kappa shape index (κ2) is 5.92. The van der Waals surface area contributed by atoms with E-state index >= 15 is 0 Å². The summed E-state index contributed by atoms with van der Waals surface area (Å²) in [5.74, 6) is -2.58. The topological polar surface area (TPSA) is 139 Å². The van der Waals surface area contributed by atoms with Crippen LogP contribution in [0.15, 0.2) is 24.3 Å². The number of ether oxygens (including phenoxy) is 2. The van der Waals surface area contributed by atoms with Crippen molar-refractivity contribution >= 4 is 22.9 Å². The van der Waals surface area contributed by atoms with Gasteiger partial charge in [0.15, 0.2) is 11.5 Å². The number of hydrogen-bond donors (Lipinski definition) is 0. The lowest BCUT2D eigenvalue weighted by molar-refractivity contribution is -0.423. The van der Waals surface area contributed by atoms with Gasteiger partial charge in [0.2, 0.25) is 11.5 Å². The highest BCUT2D eigenvalue weighted by Gasteiger charge is 2.47. The molecular weight excluding hydrogens is 348 g/mol. The second-order valence-electron chi connectivity index (χ2n) is 5.23. The largest absolute Gasteiger partial charge is 0.492 e. The van der Waals surface area contributed by atoms with Crippen molar-refractivity contribution in [2.75, 3.05) is 14.2 Å². The van der Waals surface area contributed by atoms with Crippen LogP contribution in [-0.2, 0) is 0 Å². The van der Waals surface area contributed by atoms with Gasteiger partial charge in [-0.05, 0) is 0 Å². The fourth-order valence-electron chi connectivity index (χ4n) is 3.00. The lowest BCUT2D eigenvalue weighted by atomic mass is 9.82. The average Bonchev–Trinajstić information content (AvgIpc) is 2.63. The van der Waals surface area contributed by atoms with Gasteiger partial charge in [-0.25, -0.2) is 0 Å². The maximum absolute atomic E-state index is 12.9. The van der Waals surface area contributed by atoms with Gasteiger partial charge in [-0.2, -0.15) is 0 Å². The average molecular weight is 358 g/mol. The maximum atomic E-state index is 12.9. The molecule has 0 spiro atoms. The van der Waals surface area contributed by atoms with E-state index in [0.717, 1.165) is 14.2 Å². The number of rotatable bonds is 4. The first-order valence-electron chi connectivity index (χ1n) is 7.14. The summed E-state index contributed by atoms with van der Waals surface area (Å²) in [6, 6.07) is 5.72. The molecule has 0 fully saturated rings. The molecule has 0 atom stereocenters. The molecule has 10 heteroatoms. The van der Waals surface area contributed by atoms with Gasteiger partial charge in [-0.1, -0.05) is 24.3 Å². The van der Waals surface area contributed by atoms with Crippen LogP contribution in [0.25, 0.3) is 0 Å². The molecule has 1 aliphatic rings. The Hall–Kier alpha value is -3.82. The van der Waals surface area contributed by atoms with Crippen LogP contribution in [0, 0.1) is 20.2 Å². The summed E-state index contributed by atoms with van der Waals surface area (Å²) in [6.07, 6.45) is 0. The molecule has 2 aromatic rings. The van der Waals surface area contributed by atoms with E-state index in [4.69, 9.17) is 9.47 Å². The molecule has 3 rings (SSSR count). The summed E-state index contributed by atoms with van der Waals surface area (Å²) in [4.78, 5) is 46.6. The zero-order valence-electron chi connectivity index (χ0n) is 13.5. The Kier molecular flexibility index (Phi) is 3.87. The number of ketones is 2. The molecular formula is C16H10N2O8. The van der Waals surface area contributed by atoms with Crippen molar-refractivity contribution < 1.29 is 28.9 Å². The highest BCUT2D eigenvalue weighted by atomic mass is 16.6. The third-order valence-corrected chi connectivity index (χ3v) is 4.00. The molecule has 0 amide bonds. The van der Waals surface area contributed by atoms with Crippen molar-refractivity contribution in [1.82, 2.24) is 0 Å². The van der Waals surface area contributed by atoms with Gasteiger partial charge in [-0.3, -0.25) is 29.8 Å². The highest BCUT2D eigenvalue weighted by Crippen LogP contribution is 2.51. The van der Waals surface area contributed by atoms with Crippen LogP contribution >= 0.6 is 0 Å². The zero-order valence-corrected chi connectivity index (χ0v) is 13.5. The van der Waals surface area contributed by atoms with Gasteiger partial charge < -0.3 is 9.47 Å². The van der Waals surface area contributed by atoms with E-state index < -0.39 is 55.4 Å². The maximum Gasteiger partial charge on any atom is 0.392 e. The van der Waals surface area contributed by atoms with Gasteiger partial charge in [0.1, 0.15) is 5.56 Å². The molecule has 26 heavy (non-hydrogen) atoms. The van der Waals surface area contributed by atoms with Gasteiger partial charge in [0.25, 0.3) is 0 Å². The normalized spacial score (nSPS) is 12.2. The van der Waals surface area contributed by atoms with Crippen molar-refractivity contribution in [2.24, 2.45) is 0 Å². The lowest BCUT2D eigenvalue weighted by Gasteiger charge is -2.21. The summed E-state index contributed by atoms with van der Waals surface area (Å²) >= 11 is 0. The van der Waals surface area contributed by atoms with Crippen LogP contribution in [0.1, 0.15) is 31.8 Å². The molecule has 2 aromatic carbocycles. The number of nitro benzene ring substituents is 2. The van der Waals surface area contributed by atoms with Crippen LogP contribution in [0.2, 0.25) is 0 Å². The Balaban J connectivity index is 2.57. The Morgan fingerprint density at radius 2 is 1.23 bits per heavy atom. The SMILES string of the molecule is COc1c(OC)c([N+](=O)[O-])c([N+](=O)[O-])c2c1C(=O)c1ccccc1C2=O. The number of methoxy groups -OCH3 is 2. The van der Waals surface area contributed by atoms with E-state index in [9.17, 15) is 29.8 Å². The smallest absolute Gasteiger partial charge is 0.392 e. The predicted octanol–water partition coefficient (Wildman–Crippen LogP) is 2.30. The van der Waals surface area contributed by atoms with Crippen molar-refractivity contribution in [3.05, 3.63) is 66.7 Å². The molecule has 0 aliphatic heterocycles. The second-order valence-corrected chi connectivity index (χ2v) is 5.23. The van der Waals surface area contributed by atoms with E-state index in [1.165, 1.54) is 24.3 Å².